The molecule has 9 heteroatoms. The summed E-state index contributed by atoms with van der Waals surface area (Å²) in [5, 5.41) is 12.7. The van der Waals surface area contributed by atoms with Gasteiger partial charge in [-0.05, 0) is 18.6 Å². The first-order valence-electron chi connectivity index (χ1n) is 7.41. The molecule has 0 aliphatic carbocycles. The summed E-state index contributed by atoms with van der Waals surface area (Å²) in [7, 11) is 0. The first kappa shape index (κ1) is 14.8. The molecule has 1 amide bonds. The molecule has 1 fully saturated rings. The molecular weight excluding hydrogens is 334 g/mol. The fourth-order valence-electron chi connectivity index (χ4n) is 3.08. The summed E-state index contributed by atoms with van der Waals surface area (Å²) in [4.78, 5) is 21.3. The minimum absolute atomic E-state index is 0.143. The zero-order chi connectivity index (χ0) is 16.8. The Hall–Kier alpha value is -2.74. The number of nitrogens with zero attached hydrogens (tertiary/aromatic N) is 3. The lowest BCUT2D eigenvalue weighted by Crippen LogP contribution is -2.36. The average Bonchev–Trinajstić information content (AvgIpc) is 3.10. The number of hydrogen-bond acceptors (Lipinski definition) is 6. The molecule has 0 saturated carbocycles. The van der Waals surface area contributed by atoms with Crippen LogP contribution in [0.2, 0.25) is 5.02 Å². The smallest absolute Gasteiger partial charge is 0.404 e. The molecule has 4 rings (SSSR count). The van der Waals surface area contributed by atoms with Gasteiger partial charge in [0.05, 0.1) is 6.04 Å². The van der Waals surface area contributed by atoms with Crippen LogP contribution in [0.15, 0.2) is 22.6 Å². The summed E-state index contributed by atoms with van der Waals surface area (Å²) < 4.78 is 5.90. The van der Waals surface area contributed by atoms with Crippen molar-refractivity contribution in [3.8, 4) is 0 Å². The van der Waals surface area contributed by atoms with Gasteiger partial charge in [-0.3, -0.25) is 0 Å². The van der Waals surface area contributed by atoms with Crippen LogP contribution in [0.25, 0.3) is 22.1 Å². The Balaban J connectivity index is 1.81. The maximum atomic E-state index is 10.8. The molecule has 1 aromatic carbocycles. The van der Waals surface area contributed by atoms with Crippen LogP contribution in [0.1, 0.15) is 6.42 Å². The number of nitrogen functional groups attached to an aromatic ring is 1. The summed E-state index contributed by atoms with van der Waals surface area (Å²) in [5.41, 5.74) is 7.62. The highest BCUT2D eigenvalue weighted by molar-refractivity contribution is 6.31. The summed E-state index contributed by atoms with van der Waals surface area (Å²) in [6.45, 7) is 1.14. The zero-order valence-corrected chi connectivity index (χ0v) is 13.2. The Bertz CT molecular complexity index is 957. The molecule has 0 bridgehead atoms. The Morgan fingerprint density at radius 2 is 2.29 bits per heavy atom. The molecule has 1 aliphatic heterocycles. The van der Waals surface area contributed by atoms with E-state index in [1.54, 1.807) is 12.1 Å². The standard InChI is InChI=1S/C15H14ClN5O3/c16-7-1-2-9-10(5-7)24-12-11(9)19-14(17)20-13(12)21-4-3-8(6-21)18-15(22)23/h1-2,5,8,18H,3-4,6H2,(H,22,23)(H2,17,19,20). The highest BCUT2D eigenvalue weighted by Gasteiger charge is 2.28. The molecule has 1 aliphatic rings. The lowest BCUT2D eigenvalue weighted by molar-refractivity contribution is 0.191. The molecule has 0 radical (unpaired) electrons. The second kappa shape index (κ2) is 5.41. The van der Waals surface area contributed by atoms with Crippen molar-refractivity contribution in [2.45, 2.75) is 12.5 Å². The van der Waals surface area contributed by atoms with E-state index in [0.29, 0.717) is 47.0 Å². The predicted molar refractivity (Wildman–Crippen MR) is 90.5 cm³/mol. The van der Waals surface area contributed by atoms with Gasteiger partial charge in [0.25, 0.3) is 0 Å². The van der Waals surface area contributed by atoms with Gasteiger partial charge in [-0.15, -0.1) is 0 Å². The van der Waals surface area contributed by atoms with Crippen LogP contribution < -0.4 is 16.0 Å². The average molecular weight is 348 g/mol. The summed E-state index contributed by atoms with van der Waals surface area (Å²) in [6, 6.07) is 5.16. The van der Waals surface area contributed by atoms with E-state index < -0.39 is 6.09 Å². The van der Waals surface area contributed by atoms with Crippen LogP contribution in [0.4, 0.5) is 16.6 Å². The molecular formula is C15H14ClN5O3. The monoisotopic (exact) mass is 347 g/mol. The third-order valence-electron chi connectivity index (χ3n) is 4.09. The molecule has 124 valence electrons. The number of carboxylic acid groups (broad SMARTS) is 1. The molecule has 4 N–H and O–H groups in total. The maximum Gasteiger partial charge on any atom is 0.404 e. The second-order valence-electron chi connectivity index (χ2n) is 5.71. The van der Waals surface area contributed by atoms with E-state index in [0.717, 1.165) is 5.39 Å². The number of furan rings is 1. The van der Waals surface area contributed by atoms with Gasteiger partial charge in [0, 0.05) is 29.6 Å². The Kier molecular flexibility index (Phi) is 3.34. The van der Waals surface area contributed by atoms with Crippen molar-refractivity contribution in [2.24, 2.45) is 0 Å². The van der Waals surface area contributed by atoms with Crippen LogP contribution in [0.3, 0.4) is 0 Å². The van der Waals surface area contributed by atoms with E-state index in [2.05, 4.69) is 15.3 Å². The third-order valence-corrected chi connectivity index (χ3v) is 4.33. The minimum Gasteiger partial charge on any atom is -0.465 e. The highest BCUT2D eigenvalue weighted by atomic mass is 35.5. The van der Waals surface area contributed by atoms with Gasteiger partial charge >= 0.3 is 6.09 Å². The van der Waals surface area contributed by atoms with E-state index in [1.807, 2.05) is 11.0 Å². The molecule has 3 aromatic rings. The fraction of sp³-hybridized carbons (Fsp3) is 0.267. The summed E-state index contributed by atoms with van der Waals surface area (Å²) in [5.74, 6) is 0.712. The Morgan fingerprint density at radius 3 is 3.08 bits per heavy atom. The van der Waals surface area contributed by atoms with Gasteiger partial charge in [0.15, 0.2) is 11.4 Å². The fourth-order valence-corrected chi connectivity index (χ4v) is 3.24. The van der Waals surface area contributed by atoms with Crippen molar-refractivity contribution < 1.29 is 14.3 Å². The molecule has 0 spiro atoms. The van der Waals surface area contributed by atoms with E-state index in [1.165, 1.54) is 0 Å². The van der Waals surface area contributed by atoms with E-state index in [-0.39, 0.29) is 12.0 Å². The molecule has 2 aromatic heterocycles. The highest BCUT2D eigenvalue weighted by Crippen LogP contribution is 2.35. The van der Waals surface area contributed by atoms with Gasteiger partial charge < -0.3 is 25.5 Å². The van der Waals surface area contributed by atoms with Gasteiger partial charge in [-0.1, -0.05) is 11.6 Å². The van der Waals surface area contributed by atoms with Crippen molar-refractivity contribution in [3.63, 3.8) is 0 Å². The molecule has 24 heavy (non-hydrogen) atoms. The summed E-state index contributed by atoms with van der Waals surface area (Å²) >= 11 is 6.02. The molecule has 1 unspecified atom stereocenters. The van der Waals surface area contributed by atoms with Gasteiger partial charge in [-0.2, -0.15) is 4.98 Å². The van der Waals surface area contributed by atoms with Gasteiger partial charge in [0.1, 0.15) is 11.1 Å². The number of benzene rings is 1. The zero-order valence-electron chi connectivity index (χ0n) is 12.5. The number of halogens is 1. The number of nitrogens with two attached hydrogens (primary N) is 1. The predicted octanol–water partition coefficient (Wildman–Crippen LogP) is 2.46. The first-order chi connectivity index (χ1) is 11.5. The van der Waals surface area contributed by atoms with Gasteiger partial charge in [-0.25, -0.2) is 9.78 Å². The van der Waals surface area contributed by atoms with Crippen molar-refractivity contribution in [1.82, 2.24) is 15.3 Å². The number of amides is 1. The third kappa shape index (κ3) is 2.44. The van der Waals surface area contributed by atoms with Crippen LogP contribution in [-0.2, 0) is 0 Å². The Labute approximate surface area is 141 Å². The maximum absolute atomic E-state index is 10.8. The number of fused-ring (bicyclic) bond motifs is 3. The van der Waals surface area contributed by atoms with Crippen molar-refractivity contribution in [3.05, 3.63) is 23.2 Å². The largest absolute Gasteiger partial charge is 0.465 e. The number of aromatic nitrogens is 2. The summed E-state index contributed by atoms with van der Waals surface area (Å²) in [6.07, 6.45) is -0.350. The van der Waals surface area contributed by atoms with E-state index in [4.69, 9.17) is 26.9 Å². The van der Waals surface area contributed by atoms with E-state index >= 15 is 0 Å². The van der Waals surface area contributed by atoms with Crippen LogP contribution in [0.5, 0.6) is 0 Å². The SMILES string of the molecule is Nc1nc(N2CCC(NC(=O)O)C2)c2oc3cc(Cl)ccc3c2n1. The number of rotatable bonds is 2. The quantitative estimate of drug-likeness (QED) is 0.651. The van der Waals surface area contributed by atoms with Crippen molar-refractivity contribution in [2.75, 3.05) is 23.7 Å². The Morgan fingerprint density at radius 1 is 1.46 bits per heavy atom. The van der Waals surface area contributed by atoms with Crippen LogP contribution in [-0.4, -0.2) is 40.3 Å². The van der Waals surface area contributed by atoms with E-state index in [9.17, 15) is 4.79 Å². The van der Waals surface area contributed by atoms with Crippen LogP contribution in [0, 0.1) is 0 Å². The molecule has 1 atom stereocenters. The van der Waals surface area contributed by atoms with Crippen molar-refractivity contribution in [1.29, 1.82) is 0 Å². The number of nitrogens with one attached hydrogen (secondary N) is 1. The molecule has 3 heterocycles. The van der Waals surface area contributed by atoms with Crippen molar-refractivity contribution >= 4 is 51.5 Å². The number of anilines is 2. The lowest BCUT2D eigenvalue weighted by Gasteiger charge is -2.17. The topological polar surface area (TPSA) is 118 Å². The molecule has 1 saturated heterocycles. The number of carbonyl (C=O) groups is 1. The first-order valence-corrected chi connectivity index (χ1v) is 7.79. The minimum atomic E-state index is -1.03. The normalized spacial score (nSPS) is 17.7. The van der Waals surface area contributed by atoms with Gasteiger partial charge in [0.2, 0.25) is 5.95 Å². The lowest BCUT2D eigenvalue weighted by atomic mass is 10.2. The number of hydrogen-bond donors (Lipinski definition) is 3. The van der Waals surface area contributed by atoms with Crippen LogP contribution >= 0.6 is 11.6 Å². The second-order valence-corrected chi connectivity index (χ2v) is 6.14. The molecule has 8 nitrogen and oxygen atoms in total.